The first-order valence-corrected chi connectivity index (χ1v) is 5.60. The minimum Gasteiger partial charge on any atom is -0.368 e. The highest BCUT2D eigenvalue weighted by molar-refractivity contribution is 5.83. The highest BCUT2D eigenvalue weighted by atomic mass is 16.1. The van der Waals surface area contributed by atoms with Crippen LogP contribution in [-0.2, 0) is 11.3 Å². The molecule has 0 atom stereocenters. The van der Waals surface area contributed by atoms with Gasteiger partial charge in [0, 0.05) is 18.3 Å². The monoisotopic (exact) mass is 231 g/mol. The van der Waals surface area contributed by atoms with E-state index in [0.29, 0.717) is 6.54 Å². The molecule has 0 saturated heterocycles. The van der Waals surface area contributed by atoms with Crippen LogP contribution in [0.2, 0.25) is 0 Å². The molecule has 0 spiro atoms. The lowest BCUT2D eigenvalue weighted by atomic mass is 10.0. The van der Waals surface area contributed by atoms with Crippen LogP contribution in [0.25, 0.3) is 10.9 Å². The SMILES string of the molecule is CC(C)(NCc1ccc2[nH]ccc2c1)C(N)=O. The van der Waals surface area contributed by atoms with Gasteiger partial charge in [0.2, 0.25) is 5.91 Å². The van der Waals surface area contributed by atoms with Gasteiger partial charge in [0.25, 0.3) is 0 Å². The fraction of sp³-hybridized carbons (Fsp3) is 0.308. The zero-order valence-electron chi connectivity index (χ0n) is 10.1. The minimum atomic E-state index is -0.687. The summed E-state index contributed by atoms with van der Waals surface area (Å²) in [5.41, 5.74) is 6.86. The summed E-state index contributed by atoms with van der Waals surface area (Å²) >= 11 is 0. The van der Waals surface area contributed by atoms with Crippen molar-refractivity contribution >= 4 is 16.8 Å². The first-order chi connectivity index (χ1) is 7.99. The van der Waals surface area contributed by atoms with Gasteiger partial charge < -0.3 is 10.7 Å². The van der Waals surface area contributed by atoms with Crippen molar-refractivity contribution in [2.24, 2.45) is 5.73 Å². The van der Waals surface area contributed by atoms with E-state index in [9.17, 15) is 4.79 Å². The molecule has 90 valence electrons. The fourth-order valence-electron chi connectivity index (χ4n) is 1.62. The van der Waals surface area contributed by atoms with Crippen molar-refractivity contribution in [3.63, 3.8) is 0 Å². The molecule has 0 aliphatic rings. The second-order valence-electron chi connectivity index (χ2n) is 4.74. The Balaban J connectivity index is 2.11. The number of amides is 1. The van der Waals surface area contributed by atoms with Gasteiger partial charge in [-0.2, -0.15) is 0 Å². The molecule has 1 aromatic carbocycles. The Morgan fingerprint density at radius 3 is 2.88 bits per heavy atom. The molecule has 0 aliphatic heterocycles. The quantitative estimate of drug-likeness (QED) is 0.746. The number of H-pyrrole nitrogens is 1. The van der Waals surface area contributed by atoms with E-state index in [4.69, 9.17) is 5.73 Å². The van der Waals surface area contributed by atoms with E-state index in [0.717, 1.165) is 11.1 Å². The molecular formula is C13H17N3O. The lowest BCUT2D eigenvalue weighted by Crippen LogP contribution is -2.50. The van der Waals surface area contributed by atoms with E-state index in [1.54, 1.807) is 13.8 Å². The molecule has 4 N–H and O–H groups in total. The van der Waals surface area contributed by atoms with Crippen LogP contribution in [0.4, 0.5) is 0 Å². The third kappa shape index (κ3) is 2.47. The zero-order chi connectivity index (χ0) is 12.5. The molecule has 0 aliphatic carbocycles. The van der Waals surface area contributed by atoms with Crippen molar-refractivity contribution in [3.05, 3.63) is 36.0 Å². The number of aromatic nitrogens is 1. The Kier molecular flexibility index (Phi) is 2.90. The molecule has 0 radical (unpaired) electrons. The molecule has 17 heavy (non-hydrogen) atoms. The van der Waals surface area contributed by atoms with Gasteiger partial charge >= 0.3 is 0 Å². The smallest absolute Gasteiger partial charge is 0.237 e. The van der Waals surface area contributed by atoms with Gasteiger partial charge in [0.1, 0.15) is 0 Å². The Morgan fingerprint density at radius 1 is 1.41 bits per heavy atom. The van der Waals surface area contributed by atoms with E-state index < -0.39 is 5.54 Å². The number of benzene rings is 1. The van der Waals surface area contributed by atoms with E-state index in [1.165, 1.54) is 5.39 Å². The van der Waals surface area contributed by atoms with Crippen molar-refractivity contribution in [2.75, 3.05) is 0 Å². The molecular weight excluding hydrogens is 214 g/mol. The highest BCUT2D eigenvalue weighted by Crippen LogP contribution is 2.14. The summed E-state index contributed by atoms with van der Waals surface area (Å²) in [6.45, 7) is 4.19. The molecule has 2 aromatic rings. The van der Waals surface area contributed by atoms with E-state index in [-0.39, 0.29) is 5.91 Å². The molecule has 4 heteroatoms. The number of aromatic amines is 1. The number of rotatable bonds is 4. The average Bonchev–Trinajstić information content (AvgIpc) is 2.73. The van der Waals surface area contributed by atoms with Crippen molar-refractivity contribution in [1.82, 2.24) is 10.3 Å². The van der Waals surface area contributed by atoms with Crippen LogP contribution in [-0.4, -0.2) is 16.4 Å². The number of nitrogens with one attached hydrogen (secondary N) is 2. The lowest BCUT2D eigenvalue weighted by molar-refractivity contribution is -0.123. The van der Waals surface area contributed by atoms with Crippen LogP contribution in [0.5, 0.6) is 0 Å². The Hall–Kier alpha value is -1.81. The summed E-state index contributed by atoms with van der Waals surface area (Å²) in [5.74, 6) is -0.347. The number of fused-ring (bicyclic) bond motifs is 1. The van der Waals surface area contributed by atoms with Gasteiger partial charge in [0.15, 0.2) is 0 Å². The van der Waals surface area contributed by atoms with Gasteiger partial charge in [-0.3, -0.25) is 10.1 Å². The van der Waals surface area contributed by atoms with E-state index in [2.05, 4.69) is 16.4 Å². The van der Waals surface area contributed by atoms with Crippen LogP contribution < -0.4 is 11.1 Å². The molecule has 2 rings (SSSR count). The van der Waals surface area contributed by atoms with Crippen molar-refractivity contribution in [2.45, 2.75) is 25.9 Å². The maximum absolute atomic E-state index is 11.2. The van der Waals surface area contributed by atoms with Crippen LogP contribution in [0.1, 0.15) is 19.4 Å². The number of carbonyl (C=O) groups excluding carboxylic acids is 1. The summed E-state index contributed by atoms with van der Waals surface area (Å²) in [4.78, 5) is 14.3. The third-order valence-electron chi connectivity index (χ3n) is 2.97. The normalized spacial score (nSPS) is 11.9. The molecule has 0 fully saturated rings. The van der Waals surface area contributed by atoms with Crippen LogP contribution in [0, 0.1) is 0 Å². The third-order valence-corrected chi connectivity index (χ3v) is 2.97. The summed E-state index contributed by atoms with van der Waals surface area (Å²) in [6.07, 6.45) is 1.91. The van der Waals surface area contributed by atoms with E-state index in [1.807, 2.05) is 24.4 Å². The summed E-state index contributed by atoms with van der Waals surface area (Å²) in [6, 6.07) is 8.18. The van der Waals surface area contributed by atoms with Gasteiger partial charge in [-0.05, 0) is 43.0 Å². The highest BCUT2D eigenvalue weighted by Gasteiger charge is 2.23. The molecule has 1 amide bonds. The molecule has 0 saturated carbocycles. The molecule has 0 unspecified atom stereocenters. The van der Waals surface area contributed by atoms with Crippen molar-refractivity contribution < 1.29 is 4.79 Å². The van der Waals surface area contributed by atoms with E-state index >= 15 is 0 Å². The molecule has 4 nitrogen and oxygen atoms in total. The van der Waals surface area contributed by atoms with Crippen LogP contribution in [0.15, 0.2) is 30.5 Å². The molecule has 1 heterocycles. The predicted molar refractivity (Wildman–Crippen MR) is 68.4 cm³/mol. The maximum atomic E-state index is 11.2. The van der Waals surface area contributed by atoms with Gasteiger partial charge in [0.05, 0.1) is 5.54 Å². The molecule has 1 aromatic heterocycles. The van der Waals surface area contributed by atoms with Gasteiger partial charge in [-0.15, -0.1) is 0 Å². The standard InChI is InChI=1S/C13H17N3O/c1-13(2,12(14)17)16-8-9-3-4-11-10(7-9)5-6-15-11/h3-7,15-16H,8H2,1-2H3,(H2,14,17). The first kappa shape index (κ1) is 11.7. The fourth-order valence-corrected chi connectivity index (χ4v) is 1.62. The Morgan fingerprint density at radius 2 is 2.18 bits per heavy atom. The summed E-state index contributed by atoms with van der Waals surface area (Å²) in [7, 11) is 0. The van der Waals surface area contributed by atoms with Crippen molar-refractivity contribution in [1.29, 1.82) is 0 Å². The predicted octanol–water partition coefficient (Wildman–Crippen LogP) is 1.52. The number of carbonyl (C=O) groups is 1. The average molecular weight is 231 g/mol. The van der Waals surface area contributed by atoms with Crippen LogP contribution in [0.3, 0.4) is 0 Å². The molecule has 0 bridgehead atoms. The lowest BCUT2D eigenvalue weighted by Gasteiger charge is -2.22. The van der Waals surface area contributed by atoms with Gasteiger partial charge in [-0.25, -0.2) is 0 Å². The zero-order valence-corrected chi connectivity index (χ0v) is 10.1. The Bertz CT molecular complexity index is 542. The second kappa shape index (κ2) is 4.22. The van der Waals surface area contributed by atoms with Crippen molar-refractivity contribution in [3.8, 4) is 0 Å². The summed E-state index contributed by atoms with van der Waals surface area (Å²) < 4.78 is 0. The topological polar surface area (TPSA) is 70.9 Å². The van der Waals surface area contributed by atoms with Gasteiger partial charge in [-0.1, -0.05) is 6.07 Å². The number of hydrogen-bond acceptors (Lipinski definition) is 2. The summed E-state index contributed by atoms with van der Waals surface area (Å²) in [5, 5.41) is 4.31. The second-order valence-corrected chi connectivity index (χ2v) is 4.74. The number of nitrogens with two attached hydrogens (primary N) is 1. The first-order valence-electron chi connectivity index (χ1n) is 5.60. The Labute approximate surface area is 100 Å². The number of primary amides is 1. The van der Waals surface area contributed by atoms with Crippen LogP contribution >= 0.6 is 0 Å². The number of hydrogen-bond donors (Lipinski definition) is 3. The minimum absolute atomic E-state index is 0.347. The largest absolute Gasteiger partial charge is 0.368 e. The maximum Gasteiger partial charge on any atom is 0.237 e.